The highest BCUT2D eigenvalue weighted by atomic mass is 19.4. The molecule has 2 aromatic rings. The summed E-state index contributed by atoms with van der Waals surface area (Å²) in [4.78, 5) is 29.3. The highest BCUT2D eigenvalue weighted by molar-refractivity contribution is 5.89. The van der Waals surface area contributed by atoms with Gasteiger partial charge in [-0.3, -0.25) is 4.79 Å². The van der Waals surface area contributed by atoms with E-state index in [2.05, 4.69) is 16.3 Å². The number of alkyl halides is 3. The maximum atomic E-state index is 12.9. The van der Waals surface area contributed by atoms with Crippen molar-refractivity contribution in [2.24, 2.45) is 5.73 Å². The second kappa shape index (κ2) is 8.31. The highest BCUT2D eigenvalue weighted by Gasteiger charge is 2.49. The summed E-state index contributed by atoms with van der Waals surface area (Å²) in [5.74, 6) is -2.02. The second-order valence-corrected chi connectivity index (χ2v) is 6.83. The topological polar surface area (TPSA) is 94.8 Å². The smallest absolute Gasteiger partial charge is 0.412 e. The number of hydrogen-bond donors (Lipinski definition) is 1. The lowest BCUT2D eigenvalue weighted by Gasteiger charge is -2.26. The summed E-state index contributed by atoms with van der Waals surface area (Å²) in [5.41, 5.74) is 5.88. The van der Waals surface area contributed by atoms with Crippen LogP contribution in [0.25, 0.3) is 16.8 Å². The molecule has 2 N–H and O–H groups in total. The van der Waals surface area contributed by atoms with E-state index in [0.29, 0.717) is 5.39 Å². The summed E-state index contributed by atoms with van der Waals surface area (Å²) in [6, 6.07) is 3.32. The number of hydrogen-bond acceptors (Lipinski definition) is 6. The van der Waals surface area contributed by atoms with Crippen molar-refractivity contribution in [2.75, 3.05) is 13.7 Å². The van der Waals surface area contributed by atoms with Crippen LogP contribution in [0.15, 0.2) is 37.0 Å². The molecule has 7 nitrogen and oxygen atoms in total. The average molecular weight is 423 g/mol. The Labute approximate surface area is 170 Å². The molecule has 3 atom stereocenters. The molecule has 1 aliphatic rings. The van der Waals surface area contributed by atoms with Gasteiger partial charge in [0.15, 0.2) is 6.04 Å². The van der Waals surface area contributed by atoms with E-state index < -0.39 is 36.2 Å². The van der Waals surface area contributed by atoms with Crippen LogP contribution in [-0.4, -0.2) is 59.8 Å². The second-order valence-electron chi connectivity index (χ2n) is 6.83. The van der Waals surface area contributed by atoms with Gasteiger partial charge in [-0.1, -0.05) is 24.8 Å². The van der Waals surface area contributed by atoms with Crippen LogP contribution < -0.4 is 10.5 Å². The molecular formula is C20H20F3N3O4. The molecule has 1 amide bonds. The third kappa shape index (κ3) is 4.23. The fraction of sp³-hybridized carbons (Fsp3) is 0.350. The summed E-state index contributed by atoms with van der Waals surface area (Å²) in [7, 11) is 1.09. The predicted molar refractivity (Wildman–Crippen MR) is 102 cm³/mol. The first-order valence-electron chi connectivity index (χ1n) is 9.04. The van der Waals surface area contributed by atoms with Crippen molar-refractivity contribution in [3.63, 3.8) is 0 Å². The maximum Gasteiger partial charge on any atom is 0.412 e. The van der Waals surface area contributed by atoms with Crippen LogP contribution in [0.4, 0.5) is 13.2 Å². The van der Waals surface area contributed by atoms with Gasteiger partial charge in [0.25, 0.3) is 0 Å². The average Bonchev–Trinajstić information content (AvgIpc) is 3.15. The van der Waals surface area contributed by atoms with E-state index in [0.717, 1.165) is 23.0 Å². The first kappa shape index (κ1) is 21.6. The van der Waals surface area contributed by atoms with E-state index in [1.165, 1.54) is 6.20 Å². The number of halogens is 3. The minimum Gasteiger partial charge on any atom is -0.472 e. The zero-order chi connectivity index (χ0) is 22.1. The van der Waals surface area contributed by atoms with Crippen molar-refractivity contribution in [3.8, 4) is 5.88 Å². The zero-order valence-electron chi connectivity index (χ0n) is 16.1. The molecule has 1 unspecified atom stereocenters. The number of pyridine rings is 1. The number of nitrogens with two attached hydrogens (primary N) is 1. The number of fused-ring (bicyclic) bond motifs is 1. The molecule has 1 aromatic carbocycles. The molecule has 1 fully saturated rings. The van der Waals surface area contributed by atoms with Gasteiger partial charge in [-0.2, -0.15) is 13.2 Å². The van der Waals surface area contributed by atoms with E-state index >= 15 is 0 Å². The molecule has 3 rings (SSSR count). The molecule has 0 bridgehead atoms. The lowest BCUT2D eigenvalue weighted by molar-refractivity contribution is -0.173. The lowest BCUT2D eigenvalue weighted by atomic mass is 10.1. The summed E-state index contributed by atoms with van der Waals surface area (Å²) in [6.45, 7) is 3.45. The molecule has 1 aromatic heterocycles. The third-order valence-corrected chi connectivity index (χ3v) is 4.91. The summed E-state index contributed by atoms with van der Waals surface area (Å²) >= 11 is 0. The van der Waals surface area contributed by atoms with Crippen LogP contribution >= 0.6 is 0 Å². The van der Waals surface area contributed by atoms with Crippen molar-refractivity contribution in [3.05, 3.63) is 42.6 Å². The Morgan fingerprint density at radius 2 is 2.10 bits per heavy atom. The molecule has 0 spiro atoms. The SMILES string of the molecule is C=Cc1ccc2ccnc(O[C@@H]3C[C@@H](C(=O)OC)N(C(=O)C(N)C(F)(F)F)C3)c2c1. The van der Waals surface area contributed by atoms with Crippen LogP contribution in [0.5, 0.6) is 5.88 Å². The summed E-state index contributed by atoms with van der Waals surface area (Å²) in [6.07, 6.45) is -2.58. The first-order chi connectivity index (χ1) is 14.2. The van der Waals surface area contributed by atoms with Crippen LogP contribution in [-0.2, 0) is 14.3 Å². The van der Waals surface area contributed by atoms with Gasteiger partial charge in [-0.05, 0) is 23.1 Å². The molecule has 0 aliphatic carbocycles. The minimum atomic E-state index is -4.94. The van der Waals surface area contributed by atoms with Gasteiger partial charge in [-0.25, -0.2) is 9.78 Å². The number of aromatic nitrogens is 1. The predicted octanol–water partition coefficient (Wildman–Crippen LogP) is 2.29. The number of carbonyl (C=O) groups is 2. The molecule has 10 heteroatoms. The van der Waals surface area contributed by atoms with Crippen LogP contribution in [0, 0.1) is 0 Å². The normalized spacial score (nSPS) is 20.1. The van der Waals surface area contributed by atoms with Crippen molar-refractivity contribution >= 4 is 28.7 Å². The number of nitrogens with zero attached hydrogens (tertiary/aromatic N) is 2. The number of rotatable bonds is 5. The van der Waals surface area contributed by atoms with Gasteiger partial charge in [0.2, 0.25) is 11.8 Å². The Balaban J connectivity index is 1.88. The van der Waals surface area contributed by atoms with Crippen LogP contribution in [0.3, 0.4) is 0 Å². The number of methoxy groups -OCH3 is 1. The Morgan fingerprint density at radius 1 is 1.37 bits per heavy atom. The summed E-state index contributed by atoms with van der Waals surface area (Å²) < 4.78 is 49.3. The van der Waals surface area contributed by atoms with E-state index in [1.807, 2.05) is 12.1 Å². The minimum absolute atomic E-state index is 0.0534. The molecule has 1 aliphatic heterocycles. The fourth-order valence-electron chi connectivity index (χ4n) is 3.34. The highest BCUT2D eigenvalue weighted by Crippen LogP contribution is 2.30. The van der Waals surface area contributed by atoms with E-state index in [9.17, 15) is 22.8 Å². The molecule has 0 saturated carbocycles. The van der Waals surface area contributed by atoms with Crippen molar-refractivity contribution < 1.29 is 32.2 Å². The van der Waals surface area contributed by atoms with Gasteiger partial charge < -0.3 is 20.1 Å². The molecule has 30 heavy (non-hydrogen) atoms. The Morgan fingerprint density at radius 3 is 2.73 bits per heavy atom. The van der Waals surface area contributed by atoms with Crippen LogP contribution in [0.1, 0.15) is 12.0 Å². The molecule has 2 heterocycles. The molecule has 0 radical (unpaired) electrons. The van der Waals surface area contributed by atoms with Gasteiger partial charge in [-0.15, -0.1) is 0 Å². The van der Waals surface area contributed by atoms with Gasteiger partial charge in [0.05, 0.1) is 13.7 Å². The van der Waals surface area contributed by atoms with Crippen LogP contribution in [0.2, 0.25) is 0 Å². The van der Waals surface area contributed by atoms with Crippen molar-refractivity contribution in [1.29, 1.82) is 0 Å². The number of ether oxygens (including phenoxy) is 2. The lowest BCUT2D eigenvalue weighted by Crippen LogP contribution is -2.54. The Hall–Kier alpha value is -3.14. The quantitative estimate of drug-likeness (QED) is 0.742. The first-order valence-corrected chi connectivity index (χ1v) is 9.04. The fourth-order valence-corrected chi connectivity index (χ4v) is 3.34. The Bertz CT molecular complexity index is 979. The van der Waals surface area contributed by atoms with Gasteiger partial charge in [0, 0.05) is 18.0 Å². The van der Waals surface area contributed by atoms with E-state index in [4.69, 9.17) is 10.5 Å². The van der Waals surface area contributed by atoms with E-state index in [-0.39, 0.29) is 18.8 Å². The monoisotopic (exact) mass is 423 g/mol. The standard InChI is InChI=1S/C20H20F3N3O4/c1-3-11-4-5-12-6-7-25-17(14(12)8-11)30-13-9-15(19(28)29-2)26(10-13)18(27)16(24)20(21,22)23/h3-8,13,15-16H,1,9-10,24H2,2H3/t13-,15+,16?/m1/s1. The molecule has 1 saturated heterocycles. The number of likely N-dealkylation sites (tertiary alicyclic amines) is 1. The third-order valence-electron chi connectivity index (χ3n) is 4.91. The van der Waals surface area contributed by atoms with Crippen molar-refractivity contribution in [1.82, 2.24) is 9.88 Å². The van der Waals surface area contributed by atoms with Gasteiger partial charge in [0.1, 0.15) is 12.1 Å². The van der Waals surface area contributed by atoms with Crippen molar-refractivity contribution in [2.45, 2.75) is 30.8 Å². The maximum absolute atomic E-state index is 12.9. The number of esters is 1. The summed E-state index contributed by atoms with van der Waals surface area (Å²) in [5, 5.41) is 1.50. The van der Waals surface area contributed by atoms with E-state index in [1.54, 1.807) is 18.2 Å². The molecular weight excluding hydrogens is 403 g/mol. The molecule has 160 valence electrons. The number of carbonyl (C=O) groups excluding carboxylic acids is 2. The Kier molecular flexibility index (Phi) is 5.97. The number of benzene rings is 1. The van der Waals surface area contributed by atoms with Gasteiger partial charge >= 0.3 is 12.1 Å². The number of amides is 1. The largest absolute Gasteiger partial charge is 0.472 e. The zero-order valence-corrected chi connectivity index (χ0v) is 16.1.